The number of hydrogen-bond donors (Lipinski definition) is 1. The van der Waals surface area contributed by atoms with Gasteiger partial charge in [0.2, 0.25) is 10.0 Å². The van der Waals surface area contributed by atoms with Crippen LogP contribution in [0, 0.1) is 5.92 Å². The lowest BCUT2D eigenvalue weighted by molar-refractivity contribution is 0.319. The molecule has 0 atom stereocenters. The molecule has 0 heterocycles. The molecule has 0 saturated carbocycles. The van der Waals surface area contributed by atoms with Crippen molar-refractivity contribution < 1.29 is 8.42 Å². The highest BCUT2D eigenvalue weighted by Gasteiger charge is 2.30. The van der Waals surface area contributed by atoms with Crippen LogP contribution in [0.4, 0.5) is 5.69 Å². The second-order valence-electron chi connectivity index (χ2n) is 5.34. The molecule has 2 N–H and O–H groups in total. The van der Waals surface area contributed by atoms with Gasteiger partial charge in [0.25, 0.3) is 0 Å². The normalized spacial score (nSPS) is 12.7. The standard InChI is InChI=1S/C13H20Cl2N2O2S/c1-8(2)7-17(9(3)4)20(18,19)11-6-5-10(14)13(16)12(11)15/h5-6,8-9H,7,16H2,1-4H3. The van der Waals surface area contributed by atoms with Gasteiger partial charge in [-0.15, -0.1) is 0 Å². The van der Waals surface area contributed by atoms with E-state index >= 15 is 0 Å². The lowest BCUT2D eigenvalue weighted by Crippen LogP contribution is -2.39. The van der Waals surface area contributed by atoms with E-state index in [9.17, 15) is 8.42 Å². The molecule has 0 aliphatic carbocycles. The van der Waals surface area contributed by atoms with Crippen molar-refractivity contribution in [3.8, 4) is 0 Å². The van der Waals surface area contributed by atoms with Crippen LogP contribution in [0.1, 0.15) is 27.7 Å². The minimum absolute atomic E-state index is 0.00424. The van der Waals surface area contributed by atoms with E-state index in [1.807, 2.05) is 27.7 Å². The van der Waals surface area contributed by atoms with Crippen LogP contribution in [-0.4, -0.2) is 25.3 Å². The largest absolute Gasteiger partial charge is 0.396 e. The summed E-state index contributed by atoms with van der Waals surface area (Å²) in [6.07, 6.45) is 0. The number of hydrogen-bond acceptors (Lipinski definition) is 3. The number of rotatable bonds is 5. The molecule has 0 radical (unpaired) electrons. The van der Waals surface area contributed by atoms with E-state index in [1.54, 1.807) is 0 Å². The minimum atomic E-state index is -3.70. The molecule has 0 spiro atoms. The number of halogens is 2. The second-order valence-corrected chi connectivity index (χ2v) is 7.98. The zero-order valence-electron chi connectivity index (χ0n) is 12.0. The molecule has 1 aromatic rings. The van der Waals surface area contributed by atoms with Crippen molar-refractivity contribution in [2.24, 2.45) is 5.92 Å². The fraction of sp³-hybridized carbons (Fsp3) is 0.538. The van der Waals surface area contributed by atoms with Gasteiger partial charge in [-0.2, -0.15) is 4.31 Å². The van der Waals surface area contributed by atoms with Crippen molar-refractivity contribution in [1.29, 1.82) is 0 Å². The molecule has 1 aromatic carbocycles. The van der Waals surface area contributed by atoms with Gasteiger partial charge in [0.05, 0.1) is 15.7 Å². The molecular formula is C13H20Cl2N2O2S. The summed E-state index contributed by atoms with van der Waals surface area (Å²) in [6.45, 7) is 7.99. The highest BCUT2D eigenvalue weighted by atomic mass is 35.5. The molecule has 7 heteroatoms. The van der Waals surface area contributed by atoms with Gasteiger partial charge in [-0.25, -0.2) is 8.42 Å². The van der Waals surface area contributed by atoms with E-state index in [-0.39, 0.29) is 32.6 Å². The Morgan fingerprint density at radius 1 is 1.20 bits per heavy atom. The lowest BCUT2D eigenvalue weighted by atomic mass is 10.2. The Bertz CT molecular complexity index is 586. The monoisotopic (exact) mass is 338 g/mol. The van der Waals surface area contributed by atoms with Gasteiger partial charge in [-0.1, -0.05) is 37.0 Å². The number of nitrogens with two attached hydrogens (primary N) is 1. The van der Waals surface area contributed by atoms with Crippen LogP contribution in [0.2, 0.25) is 10.0 Å². The smallest absolute Gasteiger partial charge is 0.244 e. The first kappa shape index (κ1) is 17.6. The van der Waals surface area contributed by atoms with E-state index in [0.717, 1.165) is 0 Å². The fourth-order valence-electron chi connectivity index (χ4n) is 1.82. The van der Waals surface area contributed by atoms with Crippen LogP contribution in [0.3, 0.4) is 0 Å². The van der Waals surface area contributed by atoms with Crippen LogP contribution in [0.25, 0.3) is 0 Å². The summed E-state index contributed by atoms with van der Waals surface area (Å²) in [7, 11) is -3.70. The lowest BCUT2D eigenvalue weighted by Gasteiger charge is -2.28. The summed E-state index contributed by atoms with van der Waals surface area (Å²) in [5, 5.41) is 0.223. The Hall–Kier alpha value is -0.490. The topological polar surface area (TPSA) is 63.4 Å². The molecule has 4 nitrogen and oxygen atoms in total. The van der Waals surface area contributed by atoms with Crippen molar-refractivity contribution in [3.05, 3.63) is 22.2 Å². The third-order valence-corrected chi connectivity index (χ3v) is 5.73. The van der Waals surface area contributed by atoms with Gasteiger partial charge in [0.1, 0.15) is 4.90 Å². The Morgan fingerprint density at radius 3 is 2.20 bits per heavy atom. The van der Waals surface area contributed by atoms with Gasteiger partial charge in [0, 0.05) is 12.6 Å². The zero-order valence-corrected chi connectivity index (χ0v) is 14.4. The highest BCUT2D eigenvalue weighted by Crippen LogP contribution is 2.35. The minimum Gasteiger partial charge on any atom is -0.396 e. The van der Waals surface area contributed by atoms with E-state index in [0.29, 0.717) is 6.54 Å². The van der Waals surface area contributed by atoms with Gasteiger partial charge >= 0.3 is 0 Å². The maximum atomic E-state index is 12.7. The van der Waals surface area contributed by atoms with E-state index in [4.69, 9.17) is 28.9 Å². The predicted molar refractivity (Wildman–Crippen MR) is 84.7 cm³/mol. The summed E-state index contributed by atoms with van der Waals surface area (Å²) in [5.41, 5.74) is 5.80. The van der Waals surface area contributed by atoms with Gasteiger partial charge < -0.3 is 5.73 Å². The number of nitrogens with zero attached hydrogens (tertiary/aromatic N) is 1. The van der Waals surface area contributed by atoms with Crippen LogP contribution < -0.4 is 5.73 Å². The summed E-state index contributed by atoms with van der Waals surface area (Å²) < 4.78 is 26.9. The molecule has 0 unspecified atom stereocenters. The molecule has 1 rings (SSSR count). The molecule has 20 heavy (non-hydrogen) atoms. The van der Waals surface area contributed by atoms with Crippen molar-refractivity contribution in [3.63, 3.8) is 0 Å². The van der Waals surface area contributed by atoms with Crippen LogP contribution in [0.5, 0.6) is 0 Å². The summed E-state index contributed by atoms with van der Waals surface area (Å²) in [5.74, 6) is 0.204. The summed E-state index contributed by atoms with van der Waals surface area (Å²) >= 11 is 11.9. The number of nitrogen functional groups attached to an aromatic ring is 1. The predicted octanol–water partition coefficient (Wildman–Crippen LogP) is 3.63. The number of anilines is 1. The van der Waals surface area contributed by atoms with Crippen LogP contribution >= 0.6 is 23.2 Å². The van der Waals surface area contributed by atoms with Crippen LogP contribution in [0.15, 0.2) is 17.0 Å². The van der Waals surface area contributed by atoms with Crippen molar-refractivity contribution >= 4 is 38.9 Å². The average Bonchev–Trinajstić information content (AvgIpc) is 2.32. The van der Waals surface area contributed by atoms with Gasteiger partial charge in [0.15, 0.2) is 0 Å². The molecule has 0 aromatic heterocycles. The second kappa shape index (κ2) is 6.52. The molecular weight excluding hydrogens is 319 g/mol. The van der Waals surface area contributed by atoms with Crippen molar-refractivity contribution in [2.45, 2.75) is 38.6 Å². The SMILES string of the molecule is CC(C)CN(C(C)C)S(=O)(=O)c1ccc(Cl)c(N)c1Cl. The maximum absolute atomic E-state index is 12.7. The Labute approximate surface area is 130 Å². The van der Waals surface area contributed by atoms with E-state index in [2.05, 4.69) is 0 Å². The Balaban J connectivity index is 3.38. The van der Waals surface area contributed by atoms with E-state index in [1.165, 1.54) is 16.4 Å². The molecule has 0 amide bonds. The third-order valence-electron chi connectivity index (χ3n) is 2.80. The number of sulfonamides is 1. The quantitative estimate of drug-likeness (QED) is 0.833. The van der Waals surface area contributed by atoms with Crippen LogP contribution in [-0.2, 0) is 10.0 Å². The first-order chi connectivity index (χ1) is 9.09. The van der Waals surface area contributed by atoms with Gasteiger partial charge in [-0.3, -0.25) is 0 Å². The summed E-state index contributed by atoms with van der Waals surface area (Å²) in [4.78, 5) is -0.00424. The molecule has 0 fully saturated rings. The molecule has 0 bridgehead atoms. The van der Waals surface area contributed by atoms with Crippen molar-refractivity contribution in [1.82, 2.24) is 4.31 Å². The first-order valence-electron chi connectivity index (χ1n) is 6.34. The van der Waals surface area contributed by atoms with E-state index < -0.39 is 10.0 Å². The van der Waals surface area contributed by atoms with Crippen molar-refractivity contribution in [2.75, 3.05) is 12.3 Å². The Kier molecular flexibility index (Phi) is 5.72. The summed E-state index contributed by atoms with van der Waals surface area (Å²) in [6, 6.07) is 2.67. The first-order valence-corrected chi connectivity index (χ1v) is 8.54. The maximum Gasteiger partial charge on any atom is 0.244 e. The van der Waals surface area contributed by atoms with Gasteiger partial charge in [-0.05, 0) is 31.9 Å². The molecule has 114 valence electrons. The molecule has 0 saturated heterocycles. The number of benzene rings is 1. The molecule has 0 aliphatic rings. The highest BCUT2D eigenvalue weighted by molar-refractivity contribution is 7.89. The fourth-order valence-corrected chi connectivity index (χ4v) is 4.36. The zero-order chi connectivity index (χ0) is 15.7. The average molecular weight is 339 g/mol. The third kappa shape index (κ3) is 3.58. The Morgan fingerprint density at radius 2 is 1.75 bits per heavy atom. The molecule has 0 aliphatic heterocycles.